The zero-order valence-electron chi connectivity index (χ0n) is 15.9. The van der Waals surface area contributed by atoms with E-state index in [2.05, 4.69) is 47.1 Å². The molecular weight excluding hydrogens is 310 g/mol. The quantitative estimate of drug-likeness (QED) is 0.795. The molecule has 4 nitrogen and oxygen atoms in total. The van der Waals surface area contributed by atoms with E-state index in [-0.39, 0.29) is 6.04 Å². The Morgan fingerprint density at radius 1 is 1.12 bits per heavy atom. The summed E-state index contributed by atoms with van der Waals surface area (Å²) in [4.78, 5) is 19.5. The molecular formula is C21H33N3O. The lowest BCUT2D eigenvalue weighted by Crippen LogP contribution is -2.47. The Hall–Kier alpha value is -1.39. The number of amides is 1. The average Bonchev–Trinajstić information content (AvgIpc) is 3.17. The minimum absolute atomic E-state index is 0.0469. The summed E-state index contributed by atoms with van der Waals surface area (Å²) in [6.45, 7) is 8.49. The number of likely N-dealkylation sites (tertiary alicyclic amines) is 2. The van der Waals surface area contributed by atoms with Crippen LogP contribution in [0.4, 0.5) is 0 Å². The number of benzene rings is 1. The number of hydrogen-bond donors (Lipinski definition) is 0. The van der Waals surface area contributed by atoms with Gasteiger partial charge < -0.3 is 4.90 Å². The van der Waals surface area contributed by atoms with Crippen LogP contribution in [0.5, 0.6) is 0 Å². The first-order chi connectivity index (χ1) is 12.1. The van der Waals surface area contributed by atoms with Crippen molar-refractivity contribution in [2.45, 2.75) is 45.2 Å². The van der Waals surface area contributed by atoms with Gasteiger partial charge in [0, 0.05) is 20.1 Å². The first kappa shape index (κ1) is 18.4. The standard InChI is InChI=1S/C21H33N3O/c1-18(24-12-6-7-13-24)21(25)22(2)16-20-10-14-23(15-11-20)17-19-8-4-3-5-9-19/h3-5,8-9,18,20H,6-7,10-17H2,1-2H3/t18-/m1/s1. The third kappa shape index (κ3) is 5.05. The van der Waals surface area contributed by atoms with Crippen molar-refractivity contribution in [3.8, 4) is 0 Å². The number of carbonyl (C=O) groups is 1. The molecule has 0 spiro atoms. The highest BCUT2D eigenvalue weighted by molar-refractivity contribution is 5.81. The molecule has 1 aromatic carbocycles. The maximum atomic E-state index is 12.7. The minimum atomic E-state index is 0.0469. The SMILES string of the molecule is C[C@H](C(=O)N(C)CC1CCN(Cc2ccccc2)CC1)N1CCCC1. The Bertz CT molecular complexity index is 533. The second-order valence-electron chi connectivity index (χ2n) is 7.84. The molecule has 138 valence electrons. The van der Waals surface area contributed by atoms with Crippen LogP contribution in [-0.4, -0.2) is 66.4 Å². The molecule has 25 heavy (non-hydrogen) atoms. The van der Waals surface area contributed by atoms with Gasteiger partial charge in [0.25, 0.3) is 0 Å². The number of carbonyl (C=O) groups excluding carboxylic acids is 1. The van der Waals surface area contributed by atoms with Crippen LogP contribution in [0.15, 0.2) is 30.3 Å². The van der Waals surface area contributed by atoms with Crippen LogP contribution in [0.1, 0.15) is 38.2 Å². The van der Waals surface area contributed by atoms with Crippen LogP contribution in [0, 0.1) is 5.92 Å². The van der Waals surface area contributed by atoms with Gasteiger partial charge in [-0.05, 0) is 70.3 Å². The third-order valence-electron chi connectivity index (χ3n) is 5.91. The normalized spacial score (nSPS) is 21.4. The fraction of sp³-hybridized carbons (Fsp3) is 0.667. The topological polar surface area (TPSA) is 26.8 Å². The summed E-state index contributed by atoms with van der Waals surface area (Å²) in [5, 5.41) is 0. The Morgan fingerprint density at radius 2 is 1.76 bits per heavy atom. The van der Waals surface area contributed by atoms with E-state index in [4.69, 9.17) is 0 Å². The molecule has 1 atom stereocenters. The van der Waals surface area contributed by atoms with Gasteiger partial charge in [0.05, 0.1) is 6.04 Å². The molecule has 0 aromatic heterocycles. The Labute approximate surface area is 152 Å². The second kappa shape index (κ2) is 8.81. The fourth-order valence-electron chi connectivity index (χ4n) is 4.25. The Balaban J connectivity index is 1.41. The van der Waals surface area contributed by atoms with Gasteiger partial charge in [-0.1, -0.05) is 30.3 Å². The molecule has 2 fully saturated rings. The zero-order valence-corrected chi connectivity index (χ0v) is 15.9. The maximum Gasteiger partial charge on any atom is 0.239 e. The first-order valence-corrected chi connectivity index (χ1v) is 9.89. The van der Waals surface area contributed by atoms with E-state index < -0.39 is 0 Å². The van der Waals surface area contributed by atoms with Crippen LogP contribution in [0.2, 0.25) is 0 Å². The van der Waals surface area contributed by atoms with Crippen molar-refractivity contribution < 1.29 is 4.79 Å². The summed E-state index contributed by atoms with van der Waals surface area (Å²) in [5.74, 6) is 0.945. The lowest BCUT2D eigenvalue weighted by Gasteiger charge is -2.35. The van der Waals surface area contributed by atoms with E-state index in [0.717, 1.165) is 39.3 Å². The highest BCUT2D eigenvalue weighted by Gasteiger charge is 2.28. The smallest absolute Gasteiger partial charge is 0.239 e. The number of likely N-dealkylation sites (N-methyl/N-ethyl adjacent to an activating group) is 1. The first-order valence-electron chi connectivity index (χ1n) is 9.89. The van der Waals surface area contributed by atoms with Crippen LogP contribution in [0.25, 0.3) is 0 Å². The van der Waals surface area contributed by atoms with E-state index >= 15 is 0 Å². The molecule has 2 aliphatic heterocycles. The van der Waals surface area contributed by atoms with Crippen molar-refractivity contribution >= 4 is 5.91 Å². The van der Waals surface area contributed by atoms with E-state index in [0.29, 0.717) is 11.8 Å². The van der Waals surface area contributed by atoms with Gasteiger partial charge >= 0.3 is 0 Å². The highest BCUT2D eigenvalue weighted by atomic mass is 16.2. The van der Waals surface area contributed by atoms with Crippen LogP contribution >= 0.6 is 0 Å². The zero-order chi connectivity index (χ0) is 17.6. The van der Waals surface area contributed by atoms with Crippen molar-refractivity contribution in [3.63, 3.8) is 0 Å². The van der Waals surface area contributed by atoms with E-state index in [1.54, 1.807) is 0 Å². The highest BCUT2D eigenvalue weighted by Crippen LogP contribution is 2.21. The predicted octanol–water partition coefficient (Wildman–Crippen LogP) is 2.84. The average molecular weight is 344 g/mol. The van der Waals surface area contributed by atoms with Crippen LogP contribution in [-0.2, 0) is 11.3 Å². The molecule has 0 unspecified atom stereocenters. The predicted molar refractivity (Wildman–Crippen MR) is 102 cm³/mol. The third-order valence-corrected chi connectivity index (χ3v) is 5.91. The summed E-state index contributed by atoms with van der Waals surface area (Å²) < 4.78 is 0. The molecule has 3 rings (SSSR count). The summed E-state index contributed by atoms with van der Waals surface area (Å²) >= 11 is 0. The summed E-state index contributed by atoms with van der Waals surface area (Å²) in [7, 11) is 1.99. The Kier molecular flexibility index (Phi) is 6.49. The number of hydrogen-bond acceptors (Lipinski definition) is 3. The molecule has 1 aromatic rings. The van der Waals surface area contributed by atoms with E-state index in [1.807, 2.05) is 11.9 Å². The fourth-order valence-corrected chi connectivity index (χ4v) is 4.25. The molecule has 2 saturated heterocycles. The minimum Gasteiger partial charge on any atom is -0.344 e. The summed E-state index contributed by atoms with van der Waals surface area (Å²) in [6, 6.07) is 10.8. The summed E-state index contributed by atoms with van der Waals surface area (Å²) in [6.07, 6.45) is 4.87. The lowest BCUT2D eigenvalue weighted by molar-refractivity contribution is -0.135. The lowest BCUT2D eigenvalue weighted by atomic mass is 9.95. The largest absolute Gasteiger partial charge is 0.344 e. The monoisotopic (exact) mass is 343 g/mol. The number of rotatable bonds is 6. The molecule has 4 heteroatoms. The number of nitrogens with zero attached hydrogens (tertiary/aromatic N) is 3. The van der Waals surface area contributed by atoms with Crippen molar-refractivity contribution in [2.75, 3.05) is 39.8 Å². The Morgan fingerprint density at radius 3 is 2.40 bits per heavy atom. The van der Waals surface area contributed by atoms with Crippen molar-refractivity contribution in [1.82, 2.24) is 14.7 Å². The van der Waals surface area contributed by atoms with Crippen LogP contribution in [0.3, 0.4) is 0 Å². The molecule has 0 bridgehead atoms. The molecule has 0 aliphatic carbocycles. The molecule has 0 N–H and O–H groups in total. The van der Waals surface area contributed by atoms with Gasteiger partial charge in [-0.15, -0.1) is 0 Å². The molecule has 2 aliphatic rings. The van der Waals surface area contributed by atoms with Gasteiger partial charge in [-0.3, -0.25) is 14.6 Å². The van der Waals surface area contributed by atoms with E-state index in [9.17, 15) is 4.79 Å². The molecule has 0 saturated carbocycles. The van der Waals surface area contributed by atoms with Crippen LogP contribution < -0.4 is 0 Å². The van der Waals surface area contributed by atoms with Gasteiger partial charge in [0.1, 0.15) is 0 Å². The number of piperidine rings is 1. The second-order valence-corrected chi connectivity index (χ2v) is 7.84. The maximum absolute atomic E-state index is 12.7. The van der Waals surface area contributed by atoms with E-state index in [1.165, 1.54) is 31.2 Å². The van der Waals surface area contributed by atoms with Crippen molar-refractivity contribution in [1.29, 1.82) is 0 Å². The van der Waals surface area contributed by atoms with Gasteiger partial charge in [0.2, 0.25) is 5.91 Å². The van der Waals surface area contributed by atoms with Gasteiger partial charge in [0.15, 0.2) is 0 Å². The van der Waals surface area contributed by atoms with Crippen molar-refractivity contribution in [3.05, 3.63) is 35.9 Å². The molecule has 0 radical (unpaired) electrons. The van der Waals surface area contributed by atoms with Gasteiger partial charge in [-0.2, -0.15) is 0 Å². The molecule has 2 heterocycles. The summed E-state index contributed by atoms with van der Waals surface area (Å²) in [5.41, 5.74) is 1.40. The van der Waals surface area contributed by atoms with Crippen molar-refractivity contribution in [2.24, 2.45) is 5.92 Å². The molecule has 1 amide bonds. The van der Waals surface area contributed by atoms with Gasteiger partial charge in [-0.25, -0.2) is 0 Å².